The quantitative estimate of drug-likeness (QED) is 0.666. The fraction of sp³-hybridized carbons (Fsp3) is 0.235. The van der Waals surface area contributed by atoms with E-state index in [1.54, 1.807) is 12.1 Å². The summed E-state index contributed by atoms with van der Waals surface area (Å²) in [6, 6.07) is 6.44. The lowest BCUT2D eigenvalue weighted by molar-refractivity contribution is -0.123. The Balaban J connectivity index is 1.71. The molecule has 0 aliphatic carbocycles. The summed E-state index contributed by atoms with van der Waals surface area (Å²) >= 11 is 11.8. The van der Waals surface area contributed by atoms with Crippen LogP contribution in [0, 0.1) is 13.8 Å². The number of nitrogens with one attached hydrogen (secondary N) is 1. The molecular weight excluding hydrogens is 393 g/mol. The number of benzene rings is 1. The number of rotatable bonds is 4. The first-order valence-corrected chi connectivity index (χ1v) is 8.68. The number of nitrogens with zero attached hydrogens (tertiary/aromatic N) is 4. The fourth-order valence-corrected chi connectivity index (χ4v) is 2.80. The number of aryl methyl sites for hydroxylation is 2. The molecule has 0 aliphatic heterocycles. The van der Waals surface area contributed by atoms with E-state index >= 15 is 0 Å². The van der Waals surface area contributed by atoms with Gasteiger partial charge in [-0.2, -0.15) is 4.98 Å². The number of carbonyl (C=O) groups excluding carboxylic acids is 2. The topological polar surface area (TPSA) is 98.5 Å². The van der Waals surface area contributed by atoms with Gasteiger partial charge in [-0.05, 0) is 45.0 Å². The maximum absolute atomic E-state index is 12.3. The SMILES string of the molecule is Cc1cc(C)n2nc(C(=O)O[C@@H](C)C(=O)Nc3ccc(Cl)cc3Cl)nc2n1. The Bertz CT molecular complexity index is 1050. The van der Waals surface area contributed by atoms with Crippen molar-refractivity contribution in [2.45, 2.75) is 26.9 Å². The summed E-state index contributed by atoms with van der Waals surface area (Å²) in [6.45, 7) is 5.06. The number of hydrogen-bond donors (Lipinski definition) is 1. The molecule has 8 nitrogen and oxygen atoms in total. The molecule has 3 aromatic rings. The van der Waals surface area contributed by atoms with Crippen LogP contribution >= 0.6 is 23.2 Å². The first-order chi connectivity index (χ1) is 12.7. The molecule has 140 valence electrons. The normalized spacial score (nSPS) is 12.0. The van der Waals surface area contributed by atoms with Gasteiger partial charge in [0.15, 0.2) is 6.10 Å². The van der Waals surface area contributed by atoms with Crippen LogP contribution in [-0.4, -0.2) is 37.6 Å². The van der Waals surface area contributed by atoms with Crippen LogP contribution in [0.3, 0.4) is 0 Å². The van der Waals surface area contributed by atoms with Gasteiger partial charge in [-0.15, -0.1) is 5.10 Å². The van der Waals surface area contributed by atoms with Gasteiger partial charge in [-0.25, -0.2) is 14.3 Å². The highest BCUT2D eigenvalue weighted by Crippen LogP contribution is 2.25. The van der Waals surface area contributed by atoms with Gasteiger partial charge in [-0.1, -0.05) is 23.2 Å². The molecule has 1 N–H and O–H groups in total. The number of esters is 1. The summed E-state index contributed by atoms with van der Waals surface area (Å²) in [5, 5.41) is 7.36. The van der Waals surface area contributed by atoms with Gasteiger partial charge in [0.2, 0.25) is 0 Å². The second-order valence-corrected chi connectivity index (χ2v) is 6.69. The average molecular weight is 408 g/mol. The Hall–Kier alpha value is -2.71. The van der Waals surface area contributed by atoms with Crippen molar-refractivity contribution in [3.8, 4) is 0 Å². The molecule has 0 radical (unpaired) electrons. The first kappa shape index (κ1) is 19.1. The van der Waals surface area contributed by atoms with Crippen molar-refractivity contribution in [1.82, 2.24) is 19.6 Å². The van der Waals surface area contributed by atoms with Gasteiger partial charge in [0.1, 0.15) is 0 Å². The van der Waals surface area contributed by atoms with Crippen molar-refractivity contribution < 1.29 is 14.3 Å². The van der Waals surface area contributed by atoms with E-state index in [-0.39, 0.29) is 16.6 Å². The van der Waals surface area contributed by atoms with Gasteiger partial charge in [-0.3, -0.25) is 4.79 Å². The van der Waals surface area contributed by atoms with Crippen LogP contribution in [0.25, 0.3) is 5.78 Å². The molecule has 1 aromatic carbocycles. The van der Waals surface area contributed by atoms with Crippen molar-refractivity contribution >= 4 is 46.5 Å². The van der Waals surface area contributed by atoms with Crippen LogP contribution in [0.15, 0.2) is 24.3 Å². The number of amides is 1. The molecule has 3 rings (SSSR count). The smallest absolute Gasteiger partial charge is 0.379 e. The van der Waals surface area contributed by atoms with E-state index in [4.69, 9.17) is 27.9 Å². The van der Waals surface area contributed by atoms with E-state index in [0.29, 0.717) is 10.7 Å². The van der Waals surface area contributed by atoms with Gasteiger partial charge in [0.05, 0.1) is 10.7 Å². The van der Waals surface area contributed by atoms with Crippen molar-refractivity contribution in [2.75, 3.05) is 5.32 Å². The number of carbonyl (C=O) groups is 2. The Morgan fingerprint density at radius 1 is 1.19 bits per heavy atom. The van der Waals surface area contributed by atoms with Crippen LogP contribution < -0.4 is 5.32 Å². The first-order valence-electron chi connectivity index (χ1n) is 7.92. The molecule has 10 heteroatoms. The minimum absolute atomic E-state index is 0.180. The zero-order valence-corrected chi connectivity index (χ0v) is 16.2. The summed E-state index contributed by atoms with van der Waals surface area (Å²) in [4.78, 5) is 32.8. The van der Waals surface area contributed by atoms with Gasteiger partial charge >= 0.3 is 5.97 Å². The van der Waals surface area contributed by atoms with E-state index < -0.39 is 18.0 Å². The Labute approximate surface area is 164 Å². The maximum Gasteiger partial charge on any atom is 0.379 e. The molecule has 0 saturated heterocycles. The second-order valence-electron chi connectivity index (χ2n) is 5.85. The number of anilines is 1. The number of halogens is 2. The molecule has 27 heavy (non-hydrogen) atoms. The third-order valence-electron chi connectivity index (χ3n) is 3.64. The number of aromatic nitrogens is 4. The standard InChI is InChI=1S/C17H15Cl2N5O3/c1-8-6-9(2)24-17(20-8)22-14(23-24)16(26)27-10(3)15(25)21-13-5-4-11(18)7-12(13)19/h4-7,10H,1-3H3,(H,21,25)/t10-/m0/s1. The van der Waals surface area contributed by atoms with Crippen LogP contribution in [0.1, 0.15) is 28.9 Å². The molecule has 2 heterocycles. The predicted octanol–water partition coefficient (Wildman–Crippen LogP) is 3.23. The summed E-state index contributed by atoms with van der Waals surface area (Å²) < 4.78 is 6.58. The van der Waals surface area contributed by atoms with E-state index in [0.717, 1.165) is 11.4 Å². The van der Waals surface area contributed by atoms with E-state index in [1.807, 2.05) is 19.9 Å². The minimum atomic E-state index is -1.09. The van der Waals surface area contributed by atoms with Crippen LogP contribution in [0.2, 0.25) is 10.0 Å². The molecule has 0 spiro atoms. The van der Waals surface area contributed by atoms with E-state index in [1.165, 1.54) is 17.5 Å². The number of fused-ring (bicyclic) bond motifs is 1. The van der Waals surface area contributed by atoms with E-state index in [9.17, 15) is 9.59 Å². The third-order valence-corrected chi connectivity index (χ3v) is 4.19. The van der Waals surface area contributed by atoms with Crippen molar-refractivity contribution in [1.29, 1.82) is 0 Å². The van der Waals surface area contributed by atoms with Crippen molar-refractivity contribution in [3.05, 3.63) is 51.5 Å². The maximum atomic E-state index is 12.3. The number of ether oxygens (including phenoxy) is 1. The number of hydrogen-bond acceptors (Lipinski definition) is 6. The lowest BCUT2D eigenvalue weighted by Crippen LogP contribution is -2.30. The van der Waals surface area contributed by atoms with Crippen LogP contribution in [0.4, 0.5) is 5.69 Å². The van der Waals surface area contributed by atoms with Crippen LogP contribution in [0.5, 0.6) is 0 Å². The molecule has 1 amide bonds. The van der Waals surface area contributed by atoms with Gasteiger partial charge in [0, 0.05) is 16.4 Å². The molecule has 1 atom stereocenters. The zero-order valence-electron chi connectivity index (χ0n) is 14.7. The molecule has 0 saturated carbocycles. The fourth-order valence-electron chi connectivity index (χ4n) is 2.34. The van der Waals surface area contributed by atoms with Gasteiger partial charge < -0.3 is 10.1 Å². The highest BCUT2D eigenvalue weighted by molar-refractivity contribution is 6.36. The Morgan fingerprint density at radius 3 is 2.63 bits per heavy atom. The van der Waals surface area contributed by atoms with Gasteiger partial charge in [0.25, 0.3) is 17.5 Å². The Morgan fingerprint density at radius 2 is 1.93 bits per heavy atom. The zero-order chi connectivity index (χ0) is 19.7. The van der Waals surface area contributed by atoms with Crippen molar-refractivity contribution in [2.24, 2.45) is 0 Å². The molecular formula is C17H15Cl2N5O3. The molecule has 0 aliphatic rings. The predicted molar refractivity (Wildman–Crippen MR) is 100 cm³/mol. The summed E-state index contributed by atoms with van der Waals surface area (Å²) in [7, 11) is 0. The molecule has 0 fully saturated rings. The highest BCUT2D eigenvalue weighted by atomic mass is 35.5. The monoisotopic (exact) mass is 407 g/mol. The minimum Gasteiger partial charge on any atom is -0.447 e. The average Bonchev–Trinajstić information content (AvgIpc) is 3.01. The third kappa shape index (κ3) is 4.17. The lowest BCUT2D eigenvalue weighted by atomic mass is 10.3. The molecule has 0 bridgehead atoms. The Kier molecular flexibility index (Phi) is 5.29. The summed E-state index contributed by atoms with van der Waals surface area (Å²) in [6.07, 6.45) is -1.09. The summed E-state index contributed by atoms with van der Waals surface area (Å²) in [5.41, 5.74) is 1.88. The summed E-state index contributed by atoms with van der Waals surface area (Å²) in [5.74, 6) is -1.28. The highest BCUT2D eigenvalue weighted by Gasteiger charge is 2.23. The molecule has 0 unspecified atom stereocenters. The lowest BCUT2D eigenvalue weighted by Gasteiger charge is -2.13. The van der Waals surface area contributed by atoms with Crippen molar-refractivity contribution in [3.63, 3.8) is 0 Å². The second kappa shape index (κ2) is 7.50. The van der Waals surface area contributed by atoms with Crippen LogP contribution in [-0.2, 0) is 9.53 Å². The van der Waals surface area contributed by atoms with E-state index in [2.05, 4.69) is 20.4 Å². The molecule has 2 aromatic heterocycles. The largest absolute Gasteiger partial charge is 0.447 e.